The van der Waals surface area contributed by atoms with Gasteiger partial charge in [0.15, 0.2) is 0 Å². The highest BCUT2D eigenvalue weighted by atomic mass is 32.2. The fraction of sp³-hybridized carbons (Fsp3) is 0.737. The van der Waals surface area contributed by atoms with E-state index in [9.17, 15) is 8.42 Å². The average Bonchev–Trinajstić information content (AvgIpc) is 3.09. The minimum Gasteiger partial charge on any atom is -0.354 e. The van der Waals surface area contributed by atoms with Crippen LogP contribution < -0.4 is 4.90 Å². The molecule has 1 aromatic heterocycles. The van der Waals surface area contributed by atoms with Gasteiger partial charge >= 0.3 is 0 Å². The topological polar surface area (TPSA) is 56.8 Å². The van der Waals surface area contributed by atoms with Crippen LogP contribution in [-0.4, -0.2) is 68.4 Å². The molecule has 3 rings (SSSR count). The van der Waals surface area contributed by atoms with Gasteiger partial charge in [-0.05, 0) is 50.8 Å². The van der Waals surface area contributed by atoms with E-state index in [1.807, 2.05) is 13.1 Å². The molecule has 146 valence electrons. The van der Waals surface area contributed by atoms with Crippen molar-refractivity contribution in [2.24, 2.45) is 5.92 Å². The fourth-order valence-electron chi connectivity index (χ4n) is 3.84. The molecule has 2 aliphatic rings. The van der Waals surface area contributed by atoms with E-state index in [1.165, 1.54) is 25.7 Å². The molecule has 6 nitrogen and oxygen atoms in total. The van der Waals surface area contributed by atoms with Gasteiger partial charge in [0, 0.05) is 45.0 Å². The summed E-state index contributed by atoms with van der Waals surface area (Å²) in [4.78, 5) is 9.34. The van der Waals surface area contributed by atoms with Crippen molar-refractivity contribution in [2.75, 3.05) is 44.7 Å². The number of rotatable bonds is 6. The van der Waals surface area contributed by atoms with Crippen LogP contribution in [0.15, 0.2) is 23.2 Å². The first-order valence-corrected chi connectivity index (χ1v) is 11.2. The van der Waals surface area contributed by atoms with Crippen molar-refractivity contribution < 1.29 is 8.42 Å². The van der Waals surface area contributed by atoms with Gasteiger partial charge in [0.05, 0.1) is 0 Å². The molecule has 0 spiro atoms. The first-order valence-electron chi connectivity index (χ1n) is 9.79. The lowest BCUT2D eigenvalue weighted by molar-refractivity contribution is 0.222. The van der Waals surface area contributed by atoms with Crippen LogP contribution >= 0.6 is 0 Å². The Morgan fingerprint density at radius 1 is 1.15 bits per heavy atom. The van der Waals surface area contributed by atoms with Crippen LogP contribution in [0.2, 0.25) is 0 Å². The molecule has 0 aromatic carbocycles. The summed E-state index contributed by atoms with van der Waals surface area (Å²) < 4.78 is 27.2. The minimum absolute atomic E-state index is 0.309. The molecule has 0 saturated carbocycles. The second-order valence-corrected chi connectivity index (χ2v) is 9.96. The standard InChI is InChI=1S/C19H32N4O2S/c1-16(2)6-7-17-5-4-10-23(17)19-9-8-18(15-20-19)26(24,25)22-13-11-21(3)12-14-22/h8-9,15-17H,4-7,10-14H2,1-3H3. The van der Waals surface area contributed by atoms with Crippen molar-refractivity contribution in [2.45, 2.75) is 50.5 Å². The molecule has 2 saturated heterocycles. The van der Waals surface area contributed by atoms with Crippen LogP contribution in [0.3, 0.4) is 0 Å². The zero-order chi connectivity index (χ0) is 18.7. The van der Waals surface area contributed by atoms with E-state index >= 15 is 0 Å². The van der Waals surface area contributed by atoms with E-state index in [1.54, 1.807) is 16.6 Å². The molecule has 7 heteroatoms. The Morgan fingerprint density at radius 2 is 1.88 bits per heavy atom. The molecule has 0 aliphatic carbocycles. The number of piperazine rings is 1. The second kappa shape index (κ2) is 8.23. The maximum absolute atomic E-state index is 12.8. The summed E-state index contributed by atoms with van der Waals surface area (Å²) in [5, 5.41) is 0. The molecule has 0 N–H and O–H groups in total. The zero-order valence-corrected chi connectivity index (χ0v) is 17.1. The molecular formula is C19H32N4O2S. The Labute approximate surface area is 158 Å². The smallest absolute Gasteiger partial charge is 0.244 e. The molecule has 0 radical (unpaired) electrons. The van der Waals surface area contributed by atoms with Gasteiger partial charge in [-0.1, -0.05) is 13.8 Å². The number of sulfonamides is 1. The number of anilines is 1. The molecule has 2 aliphatic heterocycles. The summed E-state index contributed by atoms with van der Waals surface area (Å²) in [6.07, 6.45) is 6.33. The average molecular weight is 381 g/mol. The van der Waals surface area contributed by atoms with E-state index in [0.717, 1.165) is 25.5 Å². The van der Waals surface area contributed by atoms with Crippen LogP contribution in [0.1, 0.15) is 39.5 Å². The Morgan fingerprint density at radius 3 is 2.50 bits per heavy atom. The minimum atomic E-state index is -3.44. The number of pyridine rings is 1. The van der Waals surface area contributed by atoms with Crippen LogP contribution in [0, 0.1) is 5.92 Å². The van der Waals surface area contributed by atoms with Gasteiger partial charge in [-0.2, -0.15) is 4.31 Å². The van der Waals surface area contributed by atoms with Crippen molar-refractivity contribution in [3.63, 3.8) is 0 Å². The van der Waals surface area contributed by atoms with E-state index in [4.69, 9.17) is 0 Å². The van der Waals surface area contributed by atoms with Crippen molar-refractivity contribution >= 4 is 15.8 Å². The van der Waals surface area contributed by atoms with Crippen molar-refractivity contribution in [1.82, 2.24) is 14.2 Å². The van der Waals surface area contributed by atoms with Crippen molar-refractivity contribution in [3.8, 4) is 0 Å². The SMILES string of the molecule is CC(C)CCC1CCCN1c1ccc(S(=O)(=O)N2CCN(C)CC2)cn1. The number of nitrogens with zero attached hydrogens (tertiary/aromatic N) is 4. The van der Waals surface area contributed by atoms with Crippen LogP contribution in [0.25, 0.3) is 0 Å². The van der Waals surface area contributed by atoms with Gasteiger partial charge in [0.2, 0.25) is 10.0 Å². The third kappa shape index (κ3) is 4.38. The van der Waals surface area contributed by atoms with E-state index in [2.05, 4.69) is 28.6 Å². The number of aromatic nitrogens is 1. The summed E-state index contributed by atoms with van der Waals surface area (Å²) in [7, 11) is -1.42. The highest BCUT2D eigenvalue weighted by Crippen LogP contribution is 2.28. The Bertz CT molecular complexity index is 682. The Kier molecular flexibility index (Phi) is 6.20. The molecular weight excluding hydrogens is 348 g/mol. The summed E-state index contributed by atoms with van der Waals surface area (Å²) >= 11 is 0. The molecule has 1 atom stereocenters. The van der Waals surface area contributed by atoms with Crippen molar-refractivity contribution in [1.29, 1.82) is 0 Å². The quantitative estimate of drug-likeness (QED) is 0.759. The van der Waals surface area contributed by atoms with Crippen LogP contribution in [0.5, 0.6) is 0 Å². The van der Waals surface area contributed by atoms with Gasteiger partial charge in [0.25, 0.3) is 0 Å². The lowest BCUT2D eigenvalue weighted by Crippen LogP contribution is -2.47. The van der Waals surface area contributed by atoms with Gasteiger partial charge in [0.1, 0.15) is 10.7 Å². The summed E-state index contributed by atoms with van der Waals surface area (Å²) in [5.41, 5.74) is 0. The van der Waals surface area contributed by atoms with Crippen LogP contribution in [-0.2, 0) is 10.0 Å². The third-order valence-electron chi connectivity index (χ3n) is 5.57. The lowest BCUT2D eigenvalue weighted by atomic mass is 10.0. The molecule has 0 bridgehead atoms. The molecule has 26 heavy (non-hydrogen) atoms. The van der Waals surface area contributed by atoms with Gasteiger partial charge < -0.3 is 9.80 Å². The summed E-state index contributed by atoms with van der Waals surface area (Å²) in [6.45, 7) is 8.17. The maximum atomic E-state index is 12.8. The largest absolute Gasteiger partial charge is 0.354 e. The van der Waals surface area contributed by atoms with Gasteiger partial charge in [-0.3, -0.25) is 0 Å². The number of hydrogen-bond acceptors (Lipinski definition) is 5. The number of likely N-dealkylation sites (N-methyl/N-ethyl adjacent to an activating group) is 1. The summed E-state index contributed by atoms with van der Waals surface area (Å²) in [6, 6.07) is 4.15. The van der Waals surface area contributed by atoms with Crippen LogP contribution in [0.4, 0.5) is 5.82 Å². The third-order valence-corrected chi connectivity index (χ3v) is 7.45. The first kappa shape index (κ1) is 19.6. The predicted octanol–water partition coefficient (Wildman–Crippen LogP) is 2.42. The Hall–Kier alpha value is -1.18. The molecule has 0 amide bonds. The zero-order valence-electron chi connectivity index (χ0n) is 16.3. The normalized spacial score (nSPS) is 23.1. The van der Waals surface area contributed by atoms with Gasteiger partial charge in [-0.25, -0.2) is 13.4 Å². The maximum Gasteiger partial charge on any atom is 0.244 e. The highest BCUT2D eigenvalue weighted by molar-refractivity contribution is 7.89. The number of hydrogen-bond donors (Lipinski definition) is 0. The predicted molar refractivity (Wildman–Crippen MR) is 105 cm³/mol. The first-order chi connectivity index (χ1) is 12.4. The molecule has 3 heterocycles. The molecule has 2 fully saturated rings. The monoisotopic (exact) mass is 380 g/mol. The molecule has 1 unspecified atom stereocenters. The molecule has 1 aromatic rings. The van der Waals surface area contributed by atoms with Gasteiger partial charge in [-0.15, -0.1) is 0 Å². The fourth-order valence-corrected chi connectivity index (χ4v) is 5.20. The Balaban J connectivity index is 1.69. The van der Waals surface area contributed by atoms with E-state index < -0.39 is 10.0 Å². The lowest BCUT2D eigenvalue weighted by Gasteiger charge is -2.31. The second-order valence-electron chi connectivity index (χ2n) is 8.02. The highest BCUT2D eigenvalue weighted by Gasteiger charge is 2.29. The van der Waals surface area contributed by atoms with Crippen molar-refractivity contribution in [3.05, 3.63) is 18.3 Å². The van der Waals surface area contributed by atoms with E-state index in [0.29, 0.717) is 29.9 Å². The van der Waals surface area contributed by atoms with E-state index in [-0.39, 0.29) is 0 Å². The summed E-state index contributed by atoms with van der Waals surface area (Å²) in [5.74, 6) is 1.62.